The number of aromatic amines is 1. The topological polar surface area (TPSA) is 121 Å². The molecule has 2 saturated heterocycles. The number of aromatic nitrogens is 1. The quantitative estimate of drug-likeness (QED) is 0.547. The zero-order chi connectivity index (χ0) is 21.3. The lowest BCUT2D eigenvalue weighted by atomic mass is 9.83. The van der Waals surface area contributed by atoms with Crippen LogP contribution in [-0.2, 0) is 11.2 Å². The number of nitrogens with one attached hydrogen (secondary N) is 2. The number of carbonyl (C=O) groups is 2. The van der Waals surface area contributed by atoms with Gasteiger partial charge in [-0.1, -0.05) is 6.42 Å². The summed E-state index contributed by atoms with van der Waals surface area (Å²) in [7, 11) is 0. The maximum atomic E-state index is 12.2. The van der Waals surface area contributed by atoms with E-state index in [1.54, 1.807) is 6.07 Å². The van der Waals surface area contributed by atoms with Gasteiger partial charge in [-0.15, -0.1) is 0 Å². The van der Waals surface area contributed by atoms with Crippen LogP contribution in [0.25, 0.3) is 11.1 Å². The maximum Gasteiger partial charge on any atom is 0.417 e. The number of benzene rings is 1. The van der Waals surface area contributed by atoms with Crippen molar-refractivity contribution in [2.45, 2.75) is 44.6 Å². The third-order valence-corrected chi connectivity index (χ3v) is 7.24. The van der Waals surface area contributed by atoms with Crippen LogP contribution in [0.4, 0.5) is 0 Å². The Kier molecular flexibility index (Phi) is 6.40. The van der Waals surface area contributed by atoms with Crippen molar-refractivity contribution in [1.29, 1.82) is 0 Å². The SMILES string of the molecule is NC(=O)c1c(Br)c(C[C](C=O)N2CCCCC2C2CCNCC2)cc2oc(=O)[nH]c12. The smallest absolute Gasteiger partial charge is 0.408 e. The Labute approximate surface area is 182 Å². The van der Waals surface area contributed by atoms with E-state index in [0.717, 1.165) is 51.6 Å². The van der Waals surface area contributed by atoms with Crippen molar-refractivity contribution in [1.82, 2.24) is 15.2 Å². The van der Waals surface area contributed by atoms with Gasteiger partial charge in [-0.2, -0.15) is 0 Å². The molecule has 1 atom stereocenters. The summed E-state index contributed by atoms with van der Waals surface area (Å²) < 4.78 is 5.65. The molecule has 2 fully saturated rings. The zero-order valence-electron chi connectivity index (χ0n) is 16.7. The van der Waals surface area contributed by atoms with Crippen LogP contribution in [0, 0.1) is 12.0 Å². The number of rotatable bonds is 6. The normalized spacial score (nSPS) is 21.3. The van der Waals surface area contributed by atoms with Gasteiger partial charge in [0.15, 0.2) is 5.58 Å². The van der Waals surface area contributed by atoms with E-state index in [0.29, 0.717) is 34.5 Å². The van der Waals surface area contributed by atoms with Crippen LogP contribution in [0.5, 0.6) is 0 Å². The average Bonchev–Trinajstić information content (AvgIpc) is 3.11. The van der Waals surface area contributed by atoms with Gasteiger partial charge in [0.2, 0.25) is 0 Å². The number of aldehydes is 1. The van der Waals surface area contributed by atoms with Crippen molar-refractivity contribution in [2.75, 3.05) is 19.6 Å². The molecule has 30 heavy (non-hydrogen) atoms. The highest BCUT2D eigenvalue weighted by atomic mass is 79.9. The molecule has 1 aromatic carbocycles. The molecule has 2 aromatic rings. The third kappa shape index (κ3) is 4.10. The molecule has 0 spiro atoms. The summed E-state index contributed by atoms with van der Waals surface area (Å²) in [5, 5.41) is 3.41. The minimum absolute atomic E-state index is 0.159. The fraction of sp³-hybridized carbons (Fsp3) is 0.524. The number of oxazole rings is 1. The van der Waals surface area contributed by atoms with Crippen molar-refractivity contribution in [3.05, 3.63) is 38.3 Å². The molecule has 2 aliphatic rings. The van der Waals surface area contributed by atoms with E-state index in [-0.39, 0.29) is 16.7 Å². The number of fused-ring (bicyclic) bond motifs is 1. The van der Waals surface area contributed by atoms with E-state index in [4.69, 9.17) is 10.2 Å². The summed E-state index contributed by atoms with van der Waals surface area (Å²) in [6, 6.07) is 2.73. The van der Waals surface area contributed by atoms with Crippen LogP contribution in [-0.4, -0.2) is 47.8 Å². The number of hydrogen-bond acceptors (Lipinski definition) is 6. The zero-order valence-corrected chi connectivity index (χ0v) is 18.3. The summed E-state index contributed by atoms with van der Waals surface area (Å²) in [5.74, 6) is -0.765. The second kappa shape index (κ2) is 9.03. The molecule has 9 heteroatoms. The molecule has 0 aliphatic carbocycles. The average molecular weight is 478 g/mol. The van der Waals surface area contributed by atoms with Crippen molar-refractivity contribution in [3.8, 4) is 0 Å². The van der Waals surface area contributed by atoms with E-state index >= 15 is 0 Å². The third-order valence-electron chi connectivity index (χ3n) is 6.33. The minimum Gasteiger partial charge on any atom is -0.408 e. The monoisotopic (exact) mass is 477 g/mol. The van der Waals surface area contributed by atoms with Gasteiger partial charge in [-0.3, -0.25) is 14.7 Å². The summed E-state index contributed by atoms with van der Waals surface area (Å²) in [4.78, 5) is 40.6. The van der Waals surface area contributed by atoms with Gasteiger partial charge >= 0.3 is 5.76 Å². The van der Waals surface area contributed by atoms with Gasteiger partial charge in [0.25, 0.3) is 5.91 Å². The van der Waals surface area contributed by atoms with Gasteiger partial charge < -0.3 is 20.3 Å². The molecular formula is C21H26BrN4O4. The molecule has 3 heterocycles. The first-order valence-corrected chi connectivity index (χ1v) is 11.2. The molecule has 161 valence electrons. The Balaban J connectivity index is 1.66. The number of primary amides is 1. The molecule has 4 rings (SSSR count). The van der Waals surface area contributed by atoms with Crippen molar-refractivity contribution >= 4 is 39.2 Å². The lowest BCUT2D eigenvalue weighted by Gasteiger charge is -2.44. The molecular weight excluding hydrogens is 452 g/mol. The second-order valence-corrected chi connectivity index (χ2v) is 8.90. The van der Waals surface area contributed by atoms with Gasteiger partial charge in [0.05, 0.1) is 5.56 Å². The molecule has 0 bridgehead atoms. The molecule has 1 amide bonds. The number of nitrogens with zero attached hydrogens (tertiary/aromatic N) is 1. The maximum absolute atomic E-state index is 12.2. The number of carbonyl (C=O) groups excluding carboxylic acids is 2. The van der Waals surface area contributed by atoms with E-state index in [2.05, 4.69) is 31.1 Å². The number of piperidine rings is 2. The van der Waals surface area contributed by atoms with Gasteiger partial charge in [-0.25, -0.2) is 4.79 Å². The lowest BCUT2D eigenvalue weighted by Crippen LogP contribution is -2.49. The molecule has 1 aromatic heterocycles. The molecule has 2 aliphatic heterocycles. The van der Waals surface area contributed by atoms with Gasteiger partial charge in [0, 0.05) is 16.9 Å². The summed E-state index contributed by atoms with van der Waals surface area (Å²) in [6.07, 6.45) is 6.80. The summed E-state index contributed by atoms with van der Waals surface area (Å²) in [6.45, 7) is 2.88. The van der Waals surface area contributed by atoms with Crippen LogP contribution < -0.4 is 16.8 Å². The Morgan fingerprint density at radius 3 is 2.77 bits per heavy atom. The first-order chi connectivity index (χ1) is 14.5. The van der Waals surface area contributed by atoms with Crippen LogP contribution in [0.15, 0.2) is 19.8 Å². The predicted octanol–water partition coefficient (Wildman–Crippen LogP) is 2.11. The van der Waals surface area contributed by atoms with E-state index < -0.39 is 11.7 Å². The Morgan fingerprint density at radius 1 is 1.30 bits per heavy atom. The summed E-state index contributed by atoms with van der Waals surface area (Å²) >= 11 is 3.47. The largest absolute Gasteiger partial charge is 0.417 e. The Morgan fingerprint density at radius 2 is 2.07 bits per heavy atom. The van der Waals surface area contributed by atoms with E-state index in [1.165, 1.54) is 6.42 Å². The number of nitrogens with two attached hydrogens (primary N) is 1. The minimum atomic E-state index is -0.677. The van der Waals surface area contributed by atoms with Crippen LogP contribution >= 0.6 is 15.9 Å². The number of amides is 1. The Hall–Kier alpha value is -1.97. The van der Waals surface area contributed by atoms with Gasteiger partial charge in [-0.05, 0) is 78.8 Å². The van der Waals surface area contributed by atoms with E-state index in [9.17, 15) is 14.4 Å². The summed E-state index contributed by atoms with van der Waals surface area (Å²) in [5.41, 5.74) is 6.93. The van der Waals surface area contributed by atoms with Crippen molar-refractivity contribution in [2.24, 2.45) is 11.7 Å². The predicted molar refractivity (Wildman–Crippen MR) is 116 cm³/mol. The highest BCUT2D eigenvalue weighted by Crippen LogP contribution is 2.35. The molecule has 8 nitrogen and oxygen atoms in total. The van der Waals surface area contributed by atoms with Crippen LogP contribution in [0.3, 0.4) is 0 Å². The van der Waals surface area contributed by atoms with Crippen molar-refractivity contribution < 1.29 is 14.0 Å². The second-order valence-electron chi connectivity index (χ2n) is 8.11. The number of halogens is 1. The molecule has 4 N–H and O–H groups in total. The molecule has 0 saturated carbocycles. The fourth-order valence-corrected chi connectivity index (χ4v) is 5.57. The first-order valence-electron chi connectivity index (χ1n) is 10.4. The Bertz CT molecular complexity index is 995. The van der Waals surface area contributed by atoms with E-state index in [1.807, 2.05) is 0 Å². The lowest BCUT2D eigenvalue weighted by molar-refractivity contribution is -0.109. The first kappa shape index (κ1) is 21.3. The van der Waals surface area contributed by atoms with Gasteiger partial charge in [0.1, 0.15) is 17.8 Å². The number of likely N-dealkylation sites (tertiary alicyclic amines) is 1. The standard InChI is InChI=1S/C21H26BrN4O4/c22-18-13(10-16-19(17(18)20(23)28)25-21(29)30-16)9-14(11-27)26-8-2-1-3-15(26)12-4-6-24-7-5-12/h10-12,15,24H,1-9H2,(H2,23,28)(H,25,29). The highest BCUT2D eigenvalue weighted by molar-refractivity contribution is 9.10. The van der Waals surface area contributed by atoms with Crippen LogP contribution in [0.1, 0.15) is 48.0 Å². The molecule has 1 unspecified atom stereocenters. The number of hydrogen-bond donors (Lipinski definition) is 3. The highest BCUT2D eigenvalue weighted by Gasteiger charge is 2.35. The number of H-pyrrole nitrogens is 1. The van der Waals surface area contributed by atoms with Crippen molar-refractivity contribution in [3.63, 3.8) is 0 Å². The fourth-order valence-electron chi connectivity index (χ4n) is 4.92. The van der Waals surface area contributed by atoms with Crippen LogP contribution in [0.2, 0.25) is 0 Å². The molecule has 1 radical (unpaired) electrons.